The van der Waals surface area contributed by atoms with E-state index in [1.165, 1.54) is 4.88 Å². The summed E-state index contributed by atoms with van der Waals surface area (Å²) in [5.74, 6) is 0.465. The lowest BCUT2D eigenvalue weighted by Gasteiger charge is -2.11. The lowest BCUT2D eigenvalue weighted by molar-refractivity contribution is 0.104. The van der Waals surface area contributed by atoms with Crippen molar-refractivity contribution >= 4 is 39.0 Å². The zero-order valence-corrected chi connectivity index (χ0v) is 13.3. The molecule has 104 valence electrons. The molecule has 1 atom stereocenters. The maximum Gasteiger partial charge on any atom is 0.245 e. The SMILES string of the molecule is OC(CNCCc1ccc(Br)s1)COc1cnsn1. The van der Waals surface area contributed by atoms with Gasteiger partial charge >= 0.3 is 0 Å². The molecular weight excluding hydrogens is 350 g/mol. The summed E-state index contributed by atoms with van der Waals surface area (Å²) in [6, 6.07) is 4.15. The molecule has 0 aromatic carbocycles. The van der Waals surface area contributed by atoms with Crippen LogP contribution in [0.25, 0.3) is 0 Å². The van der Waals surface area contributed by atoms with Gasteiger partial charge in [0, 0.05) is 18.0 Å². The van der Waals surface area contributed by atoms with Crippen LogP contribution in [0, 0.1) is 0 Å². The summed E-state index contributed by atoms with van der Waals surface area (Å²) in [6.07, 6.45) is 1.95. The maximum atomic E-state index is 9.71. The molecule has 8 heteroatoms. The molecule has 0 aliphatic rings. The molecule has 0 aliphatic carbocycles. The van der Waals surface area contributed by atoms with E-state index < -0.39 is 6.10 Å². The van der Waals surface area contributed by atoms with Crippen molar-refractivity contribution in [3.63, 3.8) is 0 Å². The van der Waals surface area contributed by atoms with E-state index in [2.05, 4.69) is 36.1 Å². The molecule has 0 saturated carbocycles. The Labute approximate surface area is 128 Å². The molecule has 0 spiro atoms. The molecule has 0 fully saturated rings. The summed E-state index contributed by atoms with van der Waals surface area (Å²) in [4.78, 5) is 1.32. The highest BCUT2D eigenvalue weighted by molar-refractivity contribution is 9.11. The predicted octanol–water partition coefficient (Wildman–Crippen LogP) is 1.93. The summed E-state index contributed by atoms with van der Waals surface area (Å²) in [6.45, 7) is 1.56. The third-order valence-electron chi connectivity index (χ3n) is 2.32. The van der Waals surface area contributed by atoms with Crippen molar-refractivity contribution in [2.75, 3.05) is 19.7 Å². The van der Waals surface area contributed by atoms with Gasteiger partial charge in [-0.3, -0.25) is 0 Å². The number of aliphatic hydroxyl groups excluding tert-OH is 1. The van der Waals surface area contributed by atoms with Crippen molar-refractivity contribution in [2.24, 2.45) is 0 Å². The third-order valence-corrected chi connectivity index (χ3v) is 4.47. The van der Waals surface area contributed by atoms with E-state index in [0.717, 1.165) is 28.5 Å². The summed E-state index contributed by atoms with van der Waals surface area (Å²) in [5, 5.41) is 12.9. The molecule has 0 amide bonds. The number of nitrogens with zero attached hydrogens (tertiary/aromatic N) is 2. The van der Waals surface area contributed by atoms with E-state index in [1.54, 1.807) is 17.5 Å². The molecule has 2 aromatic rings. The molecule has 19 heavy (non-hydrogen) atoms. The van der Waals surface area contributed by atoms with Gasteiger partial charge in [0.15, 0.2) is 0 Å². The summed E-state index contributed by atoms with van der Waals surface area (Å²) >= 11 is 6.25. The fourth-order valence-electron chi connectivity index (χ4n) is 1.43. The molecule has 0 saturated heterocycles. The monoisotopic (exact) mass is 363 g/mol. The van der Waals surface area contributed by atoms with Gasteiger partial charge in [0.1, 0.15) is 18.9 Å². The highest BCUT2D eigenvalue weighted by atomic mass is 79.9. The van der Waals surface area contributed by atoms with Gasteiger partial charge in [-0.05, 0) is 34.5 Å². The summed E-state index contributed by atoms with van der Waals surface area (Å²) in [7, 11) is 0. The highest BCUT2D eigenvalue weighted by Crippen LogP contribution is 2.21. The lowest BCUT2D eigenvalue weighted by atomic mass is 10.3. The molecular formula is C11H14BrN3O2S2. The van der Waals surface area contributed by atoms with Gasteiger partial charge in [-0.15, -0.1) is 15.7 Å². The summed E-state index contributed by atoms with van der Waals surface area (Å²) < 4.78 is 14.1. The predicted molar refractivity (Wildman–Crippen MR) is 80.0 cm³/mol. The van der Waals surface area contributed by atoms with Crippen molar-refractivity contribution in [3.8, 4) is 5.88 Å². The van der Waals surface area contributed by atoms with Crippen molar-refractivity contribution < 1.29 is 9.84 Å². The smallest absolute Gasteiger partial charge is 0.245 e. The Hall–Kier alpha value is -0.540. The molecule has 2 heterocycles. The van der Waals surface area contributed by atoms with Gasteiger partial charge in [0.05, 0.1) is 15.5 Å². The number of ether oxygens (including phenoxy) is 1. The average Bonchev–Trinajstić information content (AvgIpc) is 3.04. The Morgan fingerprint density at radius 3 is 3.05 bits per heavy atom. The first-order chi connectivity index (χ1) is 9.24. The van der Waals surface area contributed by atoms with Crippen LogP contribution in [0.15, 0.2) is 22.1 Å². The largest absolute Gasteiger partial charge is 0.473 e. The molecule has 2 aromatic heterocycles. The summed E-state index contributed by atoms with van der Waals surface area (Å²) in [5.41, 5.74) is 0. The van der Waals surface area contributed by atoms with E-state index in [-0.39, 0.29) is 6.61 Å². The molecule has 2 N–H and O–H groups in total. The first-order valence-corrected chi connectivity index (χ1v) is 8.11. The first-order valence-electron chi connectivity index (χ1n) is 5.77. The quantitative estimate of drug-likeness (QED) is 0.701. The normalized spacial score (nSPS) is 12.5. The number of nitrogens with one attached hydrogen (secondary N) is 1. The second kappa shape index (κ2) is 7.91. The Kier molecular flexibility index (Phi) is 6.18. The number of rotatable bonds is 8. The number of hydrogen-bond donors (Lipinski definition) is 2. The zero-order chi connectivity index (χ0) is 13.5. The molecule has 1 unspecified atom stereocenters. The fraction of sp³-hybridized carbons (Fsp3) is 0.455. The van der Waals surface area contributed by atoms with Crippen LogP contribution in [0.1, 0.15) is 4.88 Å². The van der Waals surface area contributed by atoms with Gasteiger partial charge in [-0.25, -0.2) is 0 Å². The maximum absolute atomic E-state index is 9.71. The number of thiophene rings is 1. The van der Waals surface area contributed by atoms with Crippen molar-refractivity contribution in [2.45, 2.75) is 12.5 Å². The van der Waals surface area contributed by atoms with Gasteiger partial charge < -0.3 is 15.2 Å². The van der Waals surface area contributed by atoms with E-state index in [9.17, 15) is 5.11 Å². The van der Waals surface area contributed by atoms with Gasteiger partial charge in [-0.1, -0.05) is 0 Å². The highest BCUT2D eigenvalue weighted by Gasteiger charge is 2.06. The average molecular weight is 364 g/mol. The van der Waals surface area contributed by atoms with Crippen LogP contribution >= 0.6 is 39.0 Å². The van der Waals surface area contributed by atoms with Crippen LogP contribution < -0.4 is 10.1 Å². The lowest BCUT2D eigenvalue weighted by Crippen LogP contribution is -2.32. The van der Waals surface area contributed by atoms with Crippen LogP contribution in [0.3, 0.4) is 0 Å². The van der Waals surface area contributed by atoms with Crippen LogP contribution in [-0.2, 0) is 6.42 Å². The molecule has 0 radical (unpaired) electrons. The minimum atomic E-state index is -0.545. The van der Waals surface area contributed by atoms with Crippen LogP contribution in [-0.4, -0.2) is 39.7 Å². The Morgan fingerprint density at radius 1 is 1.47 bits per heavy atom. The standard InChI is InChI=1S/C11H14BrN3O2S2/c12-10-2-1-9(18-10)3-4-13-5-8(16)7-17-11-6-14-19-15-11/h1-2,6,8,13,16H,3-5,7H2. The number of aromatic nitrogens is 2. The topological polar surface area (TPSA) is 67.3 Å². The Balaban J connectivity index is 1.55. The van der Waals surface area contributed by atoms with Crippen molar-refractivity contribution in [1.82, 2.24) is 14.1 Å². The van der Waals surface area contributed by atoms with Crippen LogP contribution in [0.4, 0.5) is 0 Å². The minimum absolute atomic E-state index is 0.225. The zero-order valence-electron chi connectivity index (χ0n) is 10.1. The second-order valence-electron chi connectivity index (χ2n) is 3.87. The van der Waals surface area contributed by atoms with Crippen LogP contribution in [0.2, 0.25) is 0 Å². The van der Waals surface area contributed by atoms with Gasteiger partial charge in [-0.2, -0.15) is 4.37 Å². The van der Waals surface area contributed by atoms with E-state index >= 15 is 0 Å². The first kappa shape index (κ1) is 14.9. The van der Waals surface area contributed by atoms with Crippen molar-refractivity contribution in [3.05, 3.63) is 27.0 Å². The minimum Gasteiger partial charge on any atom is -0.473 e. The van der Waals surface area contributed by atoms with E-state index in [4.69, 9.17) is 4.74 Å². The third kappa shape index (κ3) is 5.53. The van der Waals surface area contributed by atoms with Gasteiger partial charge in [0.2, 0.25) is 5.88 Å². The second-order valence-corrected chi connectivity index (χ2v) is 6.97. The fourth-order valence-corrected chi connectivity index (χ4v) is 3.27. The number of hydrogen-bond acceptors (Lipinski definition) is 7. The Morgan fingerprint density at radius 2 is 2.37 bits per heavy atom. The van der Waals surface area contributed by atoms with E-state index in [1.807, 2.05) is 6.07 Å². The van der Waals surface area contributed by atoms with E-state index in [0.29, 0.717) is 12.4 Å². The Bertz CT molecular complexity index is 478. The van der Waals surface area contributed by atoms with Crippen LogP contribution in [0.5, 0.6) is 5.88 Å². The molecule has 5 nitrogen and oxygen atoms in total. The number of aliphatic hydroxyl groups is 1. The molecule has 0 bridgehead atoms. The molecule has 0 aliphatic heterocycles. The molecule has 2 rings (SSSR count). The van der Waals surface area contributed by atoms with Gasteiger partial charge in [0.25, 0.3) is 0 Å². The van der Waals surface area contributed by atoms with Crippen molar-refractivity contribution in [1.29, 1.82) is 0 Å². The number of halogens is 1.